The van der Waals surface area contributed by atoms with Gasteiger partial charge in [-0.25, -0.2) is 14.3 Å². The molecular formula is C46H64N6O12. The monoisotopic (exact) mass is 892 g/mol. The molecule has 3 aromatic rings. The first-order valence-electron chi connectivity index (χ1n) is 22.0. The fraction of sp³-hybridized carbons (Fsp3) is 0.609. The van der Waals surface area contributed by atoms with Crippen molar-refractivity contribution in [2.75, 3.05) is 11.9 Å². The molecule has 2 aliphatic heterocycles. The molecule has 3 unspecified atom stereocenters. The molecule has 3 aliphatic rings. The van der Waals surface area contributed by atoms with E-state index in [1.807, 2.05) is 0 Å². The smallest absolute Gasteiger partial charge is 0.412 e. The summed E-state index contributed by atoms with van der Waals surface area (Å²) in [6.45, 7) is 13.2. The Morgan fingerprint density at radius 1 is 1.02 bits per heavy atom. The summed E-state index contributed by atoms with van der Waals surface area (Å²) < 4.78 is 26.0. The number of aliphatic hydroxyl groups is 2. The van der Waals surface area contributed by atoms with Crippen LogP contribution in [0.4, 0.5) is 10.5 Å². The summed E-state index contributed by atoms with van der Waals surface area (Å²) in [6.07, 6.45) is -0.965. The molecule has 64 heavy (non-hydrogen) atoms. The minimum Gasteiger partial charge on any atom is -0.507 e. The van der Waals surface area contributed by atoms with Crippen molar-refractivity contribution in [1.29, 1.82) is 0 Å². The molecule has 1 aromatic heterocycles. The number of aryl methyl sites for hydroxylation is 2. The Labute approximate surface area is 373 Å². The van der Waals surface area contributed by atoms with Gasteiger partial charge in [-0.3, -0.25) is 14.9 Å². The maximum atomic E-state index is 13.7. The number of hydrogen-bond donors (Lipinski definition) is 7. The van der Waals surface area contributed by atoms with E-state index in [-0.39, 0.29) is 36.7 Å². The highest BCUT2D eigenvalue weighted by Crippen LogP contribution is 2.46. The SMILES string of the molecule is Cc1cc(C(=O)NCC(C)[C@@H](O)[C@@H]2OC(C[C@@H]3OC(C)(C)O[C@H]3c3cccc(NC(=O)OC(C)(C)C)c3)(C(=O)O)C[C@H](O)C2NC(=O)Cn2cc(C3CCCCC3)nn2)cc(C)c1O. The van der Waals surface area contributed by atoms with Crippen molar-refractivity contribution in [1.82, 2.24) is 25.6 Å². The summed E-state index contributed by atoms with van der Waals surface area (Å²) in [7, 11) is 0. The zero-order chi connectivity index (χ0) is 46.7. The molecule has 0 radical (unpaired) electrons. The highest BCUT2D eigenvalue weighted by Gasteiger charge is 2.57. The second-order valence-corrected chi connectivity index (χ2v) is 19.1. The molecule has 1 saturated carbocycles. The predicted octanol–water partition coefficient (Wildman–Crippen LogP) is 5.16. The van der Waals surface area contributed by atoms with Crippen molar-refractivity contribution in [3.8, 4) is 5.75 Å². The third kappa shape index (κ3) is 11.8. The number of nitrogens with one attached hydrogen (secondary N) is 3. The van der Waals surface area contributed by atoms with E-state index in [1.165, 1.54) is 23.2 Å². The van der Waals surface area contributed by atoms with Crippen LogP contribution in [0.2, 0.25) is 0 Å². The van der Waals surface area contributed by atoms with Gasteiger partial charge in [-0.2, -0.15) is 0 Å². The molecule has 0 bridgehead atoms. The molecule has 2 aromatic carbocycles. The second kappa shape index (κ2) is 19.5. The van der Waals surface area contributed by atoms with Gasteiger partial charge in [0.25, 0.3) is 5.91 Å². The van der Waals surface area contributed by atoms with E-state index in [0.717, 1.165) is 31.4 Å². The standard InChI is InChI=1S/C46H64N6O12/c1-25-17-30(18-26(2)37(25)55)41(57)47-22-27(3)38(56)40-36(49-35(54)24-52-23-32(50-51-52)28-13-10-9-11-14-28)33(53)20-46(63-40,42(58)59)21-34-39(62-45(7,8)61-34)29-15-12-16-31(19-29)48-43(60)64-44(4,5)6/h12,15-19,23,27-28,33-34,36,38-40,53,55-56H,9-11,13-14,20-22,24H2,1-8H3,(H,47,57)(H,48,60)(H,49,54)(H,58,59)/t27?,33-,34-,36?,38+,39-,40+,46?/m0/s1. The van der Waals surface area contributed by atoms with Gasteiger partial charge in [0.15, 0.2) is 11.4 Å². The molecule has 18 heteroatoms. The Hall–Kier alpha value is -5.14. The Morgan fingerprint density at radius 2 is 1.70 bits per heavy atom. The van der Waals surface area contributed by atoms with Crippen molar-refractivity contribution in [2.24, 2.45) is 5.92 Å². The Balaban J connectivity index is 1.25. The zero-order valence-electron chi connectivity index (χ0n) is 37.9. The Morgan fingerprint density at radius 3 is 2.36 bits per heavy atom. The lowest BCUT2D eigenvalue weighted by molar-refractivity contribution is -0.232. The van der Waals surface area contributed by atoms with E-state index >= 15 is 0 Å². The van der Waals surface area contributed by atoms with Gasteiger partial charge >= 0.3 is 12.1 Å². The number of rotatable bonds is 14. The van der Waals surface area contributed by atoms with Crippen LogP contribution in [0, 0.1) is 19.8 Å². The van der Waals surface area contributed by atoms with E-state index in [0.29, 0.717) is 22.4 Å². The van der Waals surface area contributed by atoms with E-state index in [9.17, 15) is 39.6 Å². The molecule has 18 nitrogen and oxygen atoms in total. The summed E-state index contributed by atoms with van der Waals surface area (Å²) in [5.41, 5.74) is 0.121. The van der Waals surface area contributed by atoms with Gasteiger partial charge < -0.3 is 50.0 Å². The molecule has 3 heterocycles. The number of carbonyl (C=O) groups excluding carboxylic acids is 3. The number of benzene rings is 2. The number of amides is 3. The third-order valence-corrected chi connectivity index (χ3v) is 12.1. The average Bonchev–Trinajstić information content (AvgIpc) is 3.81. The molecule has 7 N–H and O–H groups in total. The van der Waals surface area contributed by atoms with Crippen molar-refractivity contribution in [3.05, 3.63) is 70.5 Å². The van der Waals surface area contributed by atoms with Crippen molar-refractivity contribution >= 4 is 29.6 Å². The van der Waals surface area contributed by atoms with Gasteiger partial charge in [0.2, 0.25) is 5.91 Å². The lowest BCUT2D eigenvalue weighted by Crippen LogP contribution is -2.67. The Bertz CT molecular complexity index is 2140. The number of hydrogen-bond acceptors (Lipinski definition) is 13. The van der Waals surface area contributed by atoms with E-state index in [2.05, 4.69) is 26.3 Å². The van der Waals surface area contributed by atoms with E-state index in [1.54, 1.807) is 85.9 Å². The molecule has 8 atom stereocenters. The molecule has 3 amide bonds. The highest BCUT2D eigenvalue weighted by atomic mass is 16.8. The minimum atomic E-state index is -2.18. The number of aliphatic hydroxyl groups excluding tert-OH is 2. The lowest BCUT2D eigenvalue weighted by Gasteiger charge is -2.48. The Kier molecular flexibility index (Phi) is 14.7. The molecule has 350 valence electrons. The number of carbonyl (C=O) groups is 4. The number of ether oxygens (including phenoxy) is 4. The third-order valence-electron chi connectivity index (χ3n) is 12.1. The summed E-state index contributed by atoms with van der Waals surface area (Å²) >= 11 is 0. The molecule has 2 saturated heterocycles. The molecule has 0 spiro atoms. The number of phenolic OH excluding ortho intramolecular Hbond substituents is 1. The topological polar surface area (TPSA) is 253 Å². The first kappa shape index (κ1) is 48.3. The highest BCUT2D eigenvalue weighted by molar-refractivity contribution is 5.95. The van der Waals surface area contributed by atoms with Gasteiger partial charge in [-0.05, 0) is 102 Å². The van der Waals surface area contributed by atoms with Crippen LogP contribution in [-0.4, -0.2) is 113 Å². The van der Waals surface area contributed by atoms with Crippen LogP contribution in [0.25, 0.3) is 0 Å². The first-order chi connectivity index (χ1) is 30.0. The number of aromatic nitrogens is 3. The number of carboxylic acids is 1. The quantitative estimate of drug-likeness (QED) is 0.110. The largest absolute Gasteiger partial charge is 0.507 e. The van der Waals surface area contributed by atoms with Crippen molar-refractivity contribution in [2.45, 2.75) is 166 Å². The van der Waals surface area contributed by atoms with Crippen LogP contribution >= 0.6 is 0 Å². The lowest BCUT2D eigenvalue weighted by atomic mass is 9.79. The zero-order valence-corrected chi connectivity index (χ0v) is 37.9. The second-order valence-electron chi connectivity index (χ2n) is 19.1. The number of aliphatic carboxylic acids is 1. The van der Waals surface area contributed by atoms with Gasteiger partial charge in [-0.15, -0.1) is 5.10 Å². The minimum absolute atomic E-state index is 0.0741. The number of anilines is 1. The summed E-state index contributed by atoms with van der Waals surface area (Å²) in [5, 5.41) is 62.0. The number of aromatic hydroxyl groups is 1. The van der Waals surface area contributed by atoms with Crippen LogP contribution in [0.5, 0.6) is 5.75 Å². The van der Waals surface area contributed by atoms with Crippen molar-refractivity contribution < 1.29 is 58.6 Å². The van der Waals surface area contributed by atoms with Gasteiger partial charge in [0, 0.05) is 48.7 Å². The van der Waals surface area contributed by atoms with Crippen LogP contribution in [0.15, 0.2) is 42.6 Å². The average molecular weight is 893 g/mol. The van der Waals surface area contributed by atoms with Gasteiger partial charge in [-0.1, -0.05) is 43.5 Å². The van der Waals surface area contributed by atoms with Crippen LogP contribution in [-0.2, 0) is 35.1 Å². The fourth-order valence-electron chi connectivity index (χ4n) is 8.93. The van der Waals surface area contributed by atoms with Crippen LogP contribution in [0.3, 0.4) is 0 Å². The van der Waals surface area contributed by atoms with Crippen molar-refractivity contribution in [3.63, 3.8) is 0 Å². The maximum Gasteiger partial charge on any atom is 0.412 e. The maximum absolute atomic E-state index is 13.7. The summed E-state index contributed by atoms with van der Waals surface area (Å²) in [4.78, 5) is 53.1. The number of carboxylic acid groups (broad SMARTS) is 1. The predicted molar refractivity (Wildman–Crippen MR) is 232 cm³/mol. The van der Waals surface area contributed by atoms with Crippen LogP contribution in [0.1, 0.15) is 131 Å². The number of nitrogens with zero attached hydrogens (tertiary/aromatic N) is 3. The van der Waals surface area contributed by atoms with Gasteiger partial charge in [0.05, 0.1) is 30.0 Å². The molecular weight excluding hydrogens is 829 g/mol. The molecule has 1 aliphatic carbocycles. The van der Waals surface area contributed by atoms with Gasteiger partial charge in [0.1, 0.15) is 30.1 Å². The normalized spacial score (nSPS) is 25.8. The summed E-state index contributed by atoms with van der Waals surface area (Å²) in [6, 6.07) is 8.54. The fourth-order valence-corrected chi connectivity index (χ4v) is 8.93. The van der Waals surface area contributed by atoms with E-state index in [4.69, 9.17) is 18.9 Å². The van der Waals surface area contributed by atoms with E-state index < -0.39 is 89.8 Å². The van der Waals surface area contributed by atoms with Crippen LogP contribution < -0.4 is 16.0 Å². The summed E-state index contributed by atoms with van der Waals surface area (Å²) in [5.74, 6) is -4.19. The number of phenols is 1. The molecule has 3 fully saturated rings. The first-order valence-corrected chi connectivity index (χ1v) is 22.0. The molecule has 6 rings (SSSR count).